The summed E-state index contributed by atoms with van der Waals surface area (Å²) in [5.74, 6) is 0.956. The van der Waals surface area contributed by atoms with E-state index in [1.165, 1.54) is 0 Å². The Morgan fingerprint density at radius 2 is 1.75 bits per heavy atom. The van der Waals surface area contributed by atoms with E-state index < -0.39 is 0 Å². The van der Waals surface area contributed by atoms with Crippen LogP contribution in [0.3, 0.4) is 0 Å². The molecule has 6 heteroatoms. The van der Waals surface area contributed by atoms with Gasteiger partial charge in [0.25, 0.3) is 0 Å². The highest BCUT2D eigenvalue weighted by Crippen LogP contribution is 2.29. The minimum atomic E-state index is 0.00202. The van der Waals surface area contributed by atoms with Gasteiger partial charge in [-0.15, -0.1) is 0 Å². The van der Waals surface area contributed by atoms with Gasteiger partial charge in [-0.1, -0.05) is 0 Å². The van der Waals surface area contributed by atoms with Gasteiger partial charge in [-0.05, 0) is 50.7 Å². The Morgan fingerprint density at radius 1 is 1.04 bits per heavy atom. The summed E-state index contributed by atoms with van der Waals surface area (Å²) in [7, 11) is 0. The van der Waals surface area contributed by atoms with Gasteiger partial charge < -0.3 is 19.8 Å². The van der Waals surface area contributed by atoms with E-state index in [2.05, 4.69) is 10.6 Å². The van der Waals surface area contributed by atoms with E-state index in [0.717, 1.165) is 50.9 Å². The Morgan fingerprint density at radius 3 is 2.33 bits per heavy atom. The van der Waals surface area contributed by atoms with Crippen molar-refractivity contribution in [3.8, 4) is 0 Å². The van der Waals surface area contributed by atoms with Gasteiger partial charge in [0.2, 0.25) is 11.8 Å². The lowest BCUT2D eigenvalue weighted by Crippen LogP contribution is -2.39. The van der Waals surface area contributed by atoms with Crippen molar-refractivity contribution in [1.82, 2.24) is 10.6 Å². The Labute approximate surface area is 142 Å². The fourth-order valence-corrected chi connectivity index (χ4v) is 3.51. The third kappa shape index (κ3) is 4.60. The highest BCUT2D eigenvalue weighted by Gasteiger charge is 2.30. The molecule has 1 aliphatic heterocycles. The number of rotatable bonds is 6. The van der Waals surface area contributed by atoms with Crippen molar-refractivity contribution < 1.29 is 18.7 Å². The van der Waals surface area contributed by atoms with Crippen LogP contribution in [-0.4, -0.2) is 31.1 Å². The van der Waals surface area contributed by atoms with Gasteiger partial charge in [0.05, 0.1) is 18.9 Å². The van der Waals surface area contributed by atoms with Crippen LogP contribution in [0.1, 0.15) is 44.3 Å². The minimum absolute atomic E-state index is 0.00202. The largest absolute Gasteiger partial charge is 0.467 e. The number of carbonyl (C=O) groups excluding carboxylic acids is 2. The first-order valence-corrected chi connectivity index (χ1v) is 8.92. The Kier molecular flexibility index (Phi) is 5.91. The third-order valence-corrected chi connectivity index (χ3v) is 5.01. The van der Waals surface area contributed by atoms with Crippen molar-refractivity contribution in [2.75, 3.05) is 13.2 Å². The predicted octanol–water partition coefficient (Wildman–Crippen LogP) is 2.00. The highest BCUT2D eigenvalue weighted by molar-refractivity contribution is 5.81. The summed E-state index contributed by atoms with van der Waals surface area (Å²) < 4.78 is 10.7. The molecule has 0 bridgehead atoms. The fraction of sp³-hybridized carbons (Fsp3) is 0.667. The molecule has 0 spiro atoms. The van der Waals surface area contributed by atoms with Gasteiger partial charge in [0.1, 0.15) is 5.76 Å². The summed E-state index contributed by atoms with van der Waals surface area (Å²) >= 11 is 0. The Balaban J connectivity index is 1.35. The van der Waals surface area contributed by atoms with Crippen LogP contribution >= 0.6 is 0 Å². The van der Waals surface area contributed by atoms with Crippen LogP contribution in [0.4, 0.5) is 0 Å². The molecule has 1 saturated heterocycles. The van der Waals surface area contributed by atoms with Gasteiger partial charge in [0, 0.05) is 25.0 Å². The fourth-order valence-electron chi connectivity index (χ4n) is 3.51. The average molecular weight is 334 g/mol. The van der Waals surface area contributed by atoms with Crippen molar-refractivity contribution in [3.05, 3.63) is 24.2 Å². The molecule has 0 aromatic carbocycles. The molecule has 2 N–H and O–H groups in total. The molecule has 24 heavy (non-hydrogen) atoms. The normalized spacial score (nSPS) is 26.9. The number of nitrogens with one attached hydrogen (secondary N) is 2. The smallest absolute Gasteiger partial charge is 0.223 e. The first kappa shape index (κ1) is 17.0. The summed E-state index contributed by atoms with van der Waals surface area (Å²) in [6.07, 6.45) is 6.97. The van der Waals surface area contributed by atoms with E-state index in [-0.39, 0.29) is 29.8 Å². The molecule has 1 aliphatic carbocycles. The quantitative estimate of drug-likeness (QED) is 0.834. The van der Waals surface area contributed by atoms with E-state index in [4.69, 9.17) is 9.15 Å². The Bertz CT molecular complexity index is 529. The van der Waals surface area contributed by atoms with Gasteiger partial charge in [0.15, 0.2) is 0 Å². The molecule has 132 valence electrons. The standard InChI is InChI=1S/C18H26N2O4/c21-17(19-11-15-3-1-9-23-15)13-5-7-14(8-6-13)18(22)20-12-16-4-2-10-24-16/h1,3,9,13-14,16H,2,4-8,10-12H2,(H,19,21)(H,20,22). The van der Waals surface area contributed by atoms with Crippen molar-refractivity contribution in [2.45, 2.75) is 51.2 Å². The number of hydrogen-bond acceptors (Lipinski definition) is 4. The monoisotopic (exact) mass is 334 g/mol. The molecular weight excluding hydrogens is 308 g/mol. The van der Waals surface area contributed by atoms with Crippen LogP contribution in [0.25, 0.3) is 0 Å². The molecule has 1 aromatic rings. The summed E-state index contributed by atoms with van der Waals surface area (Å²) in [5.41, 5.74) is 0. The van der Waals surface area contributed by atoms with Gasteiger partial charge in [-0.25, -0.2) is 0 Å². The number of ether oxygens (including phenoxy) is 1. The predicted molar refractivity (Wildman–Crippen MR) is 88.0 cm³/mol. The second-order valence-electron chi connectivity index (χ2n) is 6.73. The maximum Gasteiger partial charge on any atom is 0.223 e. The van der Waals surface area contributed by atoms with Crippen LogP contribution < -0.4 is 10.6 Å². The van der Waals surface area contributed by atoms with Crippen molar-refractivity contribution in [1.29, 1.82) is 0 Å². The second-order valence-corrected chi connectivity index (χ2v) is 6.73. The molecule has 2 heterocycles. The zero-order chi connectivity index (χ0) is 16.8. The molecule has 2 fully saturated rings. The molecule has 2 aliphatic rings. The van der Waals surface area contributed by atoms with E-state index in [9.17, 15) is 9.59 Å². The van der Waals surface area contributed by atoms with Crippen molar-refractivity contribution in [3.63, 3.8) is 0 Å². The lowest BCUT2D eigenvalue weighted by Gasteiger charge is -2.27. The molecule has 1 atom stereocenters. The number of amides is 2. The van der Waals surface area contributed by atoms with E-state index >= 15 is 0 Å². The lowest BCUT2D eigenvalue weighted by molar-refractivity contribution is -0.130. The summed E-state index contributed by atoms with van der Waals surface area (Å²) in [4.78, 5) is 24.4. The van der Waals surface area contributed by atoms with Gasteiger partial charge in [-0.2, -0.15) is 0 Å². The Hall–Kier alpha value is -1.82. The first-order valence-electron chi connectivity index (χ1n) is 8.92. The molecule has 6 nitrogen and oxygen atoms in total. The van der Waals surface area contributed by atoms with Crippen LogP contribution in [0.2, 0.25) is 0 Å². The number of carbonyl (C=O) groups is 2. The molecule has 1 aromatic heterocycles. The topological polar surface area (TPSA) is 80.6 Å². The third-order valence-electron chi connectivity index (χ3n) is 5.01. The summed E-state index contributed by atoms with van der Waals surface area (Å²) in [6.45, 7) is 1.84. The highest BCUT2D eigenvalue weighted by atomic mass is 16.5. The zero-order valence-electron chi connectivity index (χ0n) is 14.0. The van der Waals surface area contributed by atoms with Crippen LogP contribution in [-0.2, 0) is 20.9 Å². The molecule has 1 unspecified atom stereocenters. The zero-order valence-corrected chi connectivity index (χ0v) is 14.0. The van der Waals surface area contributed by atoms with E-state index in [1.54, 1.807) is 6.26 Å². The second kappa shape index (κ2) is 8.33. The van der Waals surface area contributed by atoms with Crippen molar-refractivity contribution >= 4 is 11.8 Å². The minimum Gasteiger partial charge on any atom is -0.467 e. The first-order chi connectivity index (χ1) is 11.7. The van der Waals surface area contributed by atoms with Gasteiger partial charge >= 0.3 is 0 Å². The van der Waals surface area contributed by atoms with Crippen LogP contribution in [0.5, 0.6) is 0 Å². The molecule has 0 radical (unpaired) electrons. The SMILES string of the molecule is O=C(NCc1ccco1)C1CCC(C(=O)NCC2CCCO2)CC1. The number of furan rings is 1. The van der Waals surface area contributed by atoms with Crippen LogP contribution in [0, 0.1) is 11.8 Å². The van der Waals surface area contributed by atoms with Gasteiger partial charge in [-0.3, -0.25) is 9.59 Å². The van der Waals surface area contributed by atoms with E-state index in [1.807, 2.05) is 12.1 Å². The molecule has 2 amide bonds. The lowest BCUT2D eigenvalue weighted by atomic mass is 9.81. The average Bonchev–Trinajstić information content (AvgIpc) is 3.31. The molecular formula is C18H26N2O4. The number of hydrogen-bond donors (Lipinski definition) is 2. The van der Waals surface area contributed by atoms with E-state index in [0.29, 0.717) is 13.1 Å². The summed E-state index contributed by atoms with van der Waals surface area (Å²) in [5, 5.41) is 5.92. The summed E-state index contributed by atoms with van der Waals surface area (Å²) in [6, 6.07) is 3.65. The maximum atomic E-state index is 12.2. The molecule has 3 rings (SSSR count). The van der Waals surface area contributed by atoms with Crippen LogP contribution in [0.15, 0.2) is 22.8 Å². The maximum absolute atomic E-state index is 12.2. The van der Waals surface area contributed by atoms with Crippen molar-refractivity contribution in [2.24, 2.45) is 11.8 Å². The molecule has 1 saturated carbocycles.